The molecule has 8 aromatic rings. The molecule has 3 aromatic heterocycles. The third kappa shape index (κ3) is 4.17. The van der Waals surface area contributed by atoms with Crippen LogP contribution in [0.4, 0.5) is 0 Å². The van der Waals surface area contributed by atoms with Gasteiger partial charge in [-0.1, -0.05) is 60.7 Å². The standard InChI is InChI=1S/C40H25N3O2/c1-4-10-35-29(7-1)34-25-42-22-19-36(34)43(35)28-14-16-33-32-15-13-27(26-17-20-41-21-18-26)23-39(32)44-37-11-5-2-8-30(37)31-9-3-6-12-38(31)45-40(33)24-28/h1-25H. The first-order valence-corrected chi connectivity index (χ1v) is 14.9. The molecule has 0 unspecified atom stereocenters. The third-order valence-electron chi connectivity index (χ3n) is 8.49. The molecular weight excluding hydrogens is 554 g/mol. The van der Waals surface area contributed by atoms with Crippen molar-refractivity contribution in [2.75, 3.05) is 0 Å². The first-order chi connectivity index (χ1) is 22.3. The van der Waals surface area contributed by atoms with Gasteiger partial charge in [-0.2, -0.15) is 0 Å². The first-order valence-electron chi connectivity index (χ1n) is 14.9. The Kier molecular flexibility index (Phi) is 5.74. The summed E-state index contributed by atoms with van der Waals surface area (Å²) in [6.45, 7) is 0. The van der Waals surface area contributed by atoms with Gasteiger partial charge in [-0.3, -0.25) is 9.97 Å². The van der Waals surface area contributed by atoms with Gasteiger partial charge in [0.2, 0.25) is 0 Å². The van der Waals surface area contributed by atoms with E-state index >= 15 is 0 Å². The SMILES string of the molecule is c1ccc2c(c1)Oc1cc(-c3ccncc3)ccc1-c1ccc(-n3c4ccccc4c4cnccc43)cc1Oc1ccccc1-2. The molecule has 0 N–H and O–H groups in total. The van der Waals surface area contributed by atoms with Gasteiger partial charge < -0.3 is 14.0 Å². The van der Waals surface area contributed by atoms with Gasteiger partial charge in [-0.05, 0) is 71.8 Å². The third-order valence-corrected chi connectivity index (χ3v) is 8.49. The van der Waals surface area contributed by atoms with Crippen LogP contribution in [0.15, 0.2) is 152 Å². The summed E-state index contributed by atoms with van der Waals surface area (Å²) in [5.74, 6) is 3.01. The van der Waals surface area contributed by atoms with Gasteiger partial charge in [0.25, 0.3) is 0 Å². The summed E-state index contributed by atoms with van der Waals surface area (Å²) in [4.78, 5) is 8.63. The highest BCUT2D eigenvalue weighted by atomic mass is 16.5. The highest BCUT2D eigenvalue weighted by Gasteiger charge is 2.22. The number of benzene rings is 5. The van der Waals surface area contributed by atoms with Crippen molar-refractivity contribution in [1.82, 2.24) is 14.5 Å². The highest BCUT2D eigenvalue weighted by Crippen LogP contribution is 2.48. The molecule has 0 saturated carbocycles. The van der Waals surface area contributed by atoms with Crippen molar-refractivity contribution in [3.8, 4) is 62.1 Å². The number of pyridine rings is 2. The van der Waals surface area contributed by atoms with Crippen molar-refractivity contribution in [2.24, 2.45) is 0 Å². The van der Waals surface area contributed by atoms with E-state index in [4.69, 9.17) is 9.47 Å². The van der Waals surface area contributed by atoms with E-state index in [2.05, 4.69) is 93.4 Å². The van der Waals surface area contributed by atoms with Gasteiger partial charge in [0.05, 0.1) is 11.0 Å². The predicted molar refractivity (Wildman–Crippen MR) is 179 cm³/mol. The molecule has 0 atom stereocenters. The van der Waals surface area contributed by atoms with Crippen molar-refractivity contribution < 1.29 is 9.47 Å². The fourth-order valence-electron chi connectivity index (χ4n) is 6.40. The molecule has 0 spiro atoms. The van der Waals surface area contributed by atoms with E-state index in [9.17, 15) is 0 Å². The number of para-hydroxylation sites is 3. The molecule has 1 aliphatic rings. The maximum absolute atomic E-state index is 6.92. The quantitative estimate of drug-likeness (QED) is 0.204. The molecule has 4 heterocycles. The van der Waals surface area contributed by atoms with Gasteiger partial charge in [0, 0.05) is 69.6 Å². The van der Waals surface area contributed by atoms with Crippen LogP contribution >= 0.6 is 0 Å². The van der Waals surface area contributed by atoms with Gasteiger partial charge in [-0.25, -0.2) is 0 Å². The molecule has 5 aromatic carbocycles. The molecule has 1 aliphatic heterocycles. The second-order valence-electron chi connectivity index (χ2n) is 11.1. The zero-order valence-corrected chi connectivity index (χ0v) is 24.1. The second kappa shape index (κ2) is 10.2. The van der Waals surface area contributed by atoms with Crippen molar-refractivity contribution in [3.63, 3.8) is 0 Å². The van der Waals surface area contributed by atoms with Crippen molar-refractivity contribution >= 4 is 21.8 Å². The topological polar surface area (TPSA) is 49.2 Å². The predicted octanol–water partition coefficient (Wildman–Crippen LogP) is 10.5. The molecule has 0 amide bonds. The van der Waals surface area contributed by atoms with E-state index in [-0.39, 0.29) is 0 Å². The molecular formula is C40H25N3O2. The molecule has 0 radical (unpaired) electrons. The summed E-state index contributed by atoms with van der Waals surface area (Å²) in [7, 11) is 0. The van der Waals surface area contributed by atoms with E-state index in [1.165, 1.54) is 0 Å². The molecule has 0 aliphatic carbocycles. The van der Waals surface area contributed by atoms with Gasteiger partial charge in [0.1, 0.15) is 23.0 Å². The minimum absolute atomic E-state index is 0.737. The average molecular weight is 580 g/mol. The lowest BCUT2D eigenvalue weighted by Gasteiger charge is -2.22. The number of ether oxygens (including phenoxy) is 2. The number of rotatable bonds is 2. The number of hydrogen-bond donors (Lipinski definition) is 0. The Hall–Kier alpha value is -6.20. The van der Waals surface area contributed by atoms with Crippen molar-refractivity contribution in [1.29, 1.82) is 0 Å². The summed E-state index contributed by atoms with van der Waals surface area (Å²) >= 11 is 0. The Morgan fingerprint density at radius 1 is 0.422 bits per heavy atom. The van der Waals surface area contributed by atoms with Crippen LogP contribution in [-0.4, -0.2) is 14.5 Å². The minimum atomic E-state index is 0.737. The fraction of sp³-hybridized carbons (Fsp3) is 0. The lowest BCUT2D eigenvalue weighted by Crippen LogP contribution is -2.00. The normalized spacial score (nSPS) is 11.9. The zero-order chi connectivity index (χ0) is 29.7. The van der Waals surface area contributed by atoms with Crippen LogP contribution in [0.1, 0.15) is 0 Å². The van der Waals surface area contributed by atoms with Crippen LogP contribution in [-0.2, 0) is 0 Å². The zero-order valence-electron chi connectivity index (χ0n) is 24.1. The Labute approximate surface area is 259 Å². The number of aromatic nitrogens is 3. The van der Waals surface area contributed by atoms with Crippen LogP contribution in [0, 0.1) is 0 Å². The van der Waals surface area contributed by atoms with Gasteiger partial charge in [-0.15, -0.1) is 0 Å². The van der Waals surface area contributed by atoms with Crippen molar-refractivity contribution in [2.45, 2.75) is 0 Å². The molecule has 5 heteroatoms. The monoisotopic (exact) mass is 579 g/mol. The molecule has 9 rings (SSSR count). The van der Waals surface area contributed by atoms with Crippen LogP contribution in [0.5, 0.6) is 23.0 Å². The van der Waals surface area contributed by atoms with E-state index < -0.39 is 0 Å². The smallest absolute Gasteiger partial charge is 0.137 e. The van der Waals surface area contributed by atoms with E-state index in [0.29, 0.717) is 0 Å². The fourth-order valence-corrected chi connectivity index (χ4v) is 6.40. The van der Waals surface area contributed by atoms with Gasteiger partial charge >= 0.3 is 0 Å². The number of fused-ring (bicyclic) bond motifs is 9. The van der Waals surface area contributed by atoms with Crippen LogP contribution in [0.3, 0.4) is 0 Å². The summed E-state index contributed by atoms with van der Waals surface area (Å²) in [6.07, 6.45) is 7.40. The largest absolute Gasteiger partial charge is 0.456 e. The van der Waals surface area contributed by atoms with Crippen LogP contribution < -0.4 is 9.47 Å². The summed E-state index contributed by atoms with van der Waals surface area (Å²) in [6, 6.07) is 43.6. The Balaban J connectivity index is 1.31. The van der Waals surface area contributed by atoms with Crippen LogP contribution in [0.25, 0.3) is 60.9 Å². The van der Waals surface area contributed by atoms with Crippen LogP contribution in [0.2, 0.25) is 0 Å². The molecule has 212 valence electrons. The van der Waals surface area contributed by atoms with E-state index in [0.717, 1.165) is 83.9 Å². The lowest BCUT2D eigenvalue weighted by molar-refractivity contribution is 0.472. The Morgan fingerprint density at radius 3 is 1.80 bits per heavy atom. The highest BCUT2D eigenvalue weighted by molar-refractivity contribution is 6.08. The molecule has 0 saturated heterocycles. The van der Waals surface area contributed by atoms with Crippen molar-refractivity contribution in [3.05, 3.63) is 152 Å². The molecule has 0 fully saturated rings. The Bertz CT molecular complexity index is 2340. The molecule has 5 nitrogen and oxygen atoms in total. The lowest BCUT2D eigenvalue weighted by atomic mass is 9.97. The minimum Gasteiger partial charge on any atom is -0.456 e. The second-order valence-corrected chi connectivity index (χ2v) is 11.1. The molecule has 0 bridgehead atoms. The molecule has 45 heavy (non-hydrogen) atoms. The van der Waals surface area contributed by atoms with E-state index in [1.54, 1.807) is 0 Å². The average Bonchev–Trinajstić information content (AvgIpc) is 3.44. The van der Waals surface area contributed by atoms with E-state index in [1.807, 2.05) is 73.3 Å². The number of nitrogens with zero attached hydrogens (tertiary/aromatic N) is 3. The Morgan fingerprint density at radius 2 is 1.02 bits per heavy atom. The maximum atomic E-state index is 6.92. The van der Waals surface area contributed by atoms with Gasteiger partial charge in [0.15, 0.2) is 0 Å². The maximum Gasteiger partial charge on any atom is 0.137 e. The first kappa shape index (κ1) is 25.3. The number of hydrogen-bond acceptors (Lipinski definition) is 4. The summed E-state index contributed by atoms with van der Waals surface area (Å²) in [5, 5.41) is 2.27. The summed E-state index contributed by atoms with van der Waals surface area (Å²) < 4.78 is 16.0. The summed E-state index contributed by atoms with van der Waals surface area (Å²) in [5.41, 5.74) is 9.11.